The smallest absolute Gasteiger partial charge is 0.322 e. The van der Waals surface area contributed by atoms with Gasteiger partial charge in [0.15, 0.2) is 0 Å². The van der Waals surface area contributed by atoms with Crippen LogP contribution in [0.4, 0.5) is 14.9 Å². The molecule has 1 aliphatic heterocycles. The highest BCUT2D eigenvalue weighted by atomic mass is 19.1. The van der Waals surface area contributed by atoms with Gasteiger partial charge in [0.05, 0.1) is 0 Å². The summed E-state index contributed by atoms with van der Waals surface area (Å²) in [5.74, 6) is -0.316. The zero-order valence-corrected chi connectivity index (χ0v) is 17.6. The van der Waals surface area contributed by atoms with Crippen LogP contribution in [0, 0.1) is 19.7 Å². The molecule has 3 aromatic carbocycles. The standard InChI is InChI=1S/C26H24FN3O/c1-16-11-12-22(17(2)15-16)29-26(31)30-14-13-19-18-7-4-6-10-23(18)28-24(19)25(30)20-8-3-5-9-21(20)27/h3-12,15,25,28H,13-14H2,1-2H3,(H,29,31). The average molecular weight is 413 g/mol. The predicted molar refractivity (Wildman–Crippen MR) is 122 cm³/mol. The number of para-hydroxylation sites is 1. The van der Waals surface area contributed by atoms with Crippen molar-refractivity contribution in [2.24, 2.45) is 0 Å². The quantitative estimate of drug-likeness (QED) is 0.410. The van der Waals surface area contributed by atoms with E-state index in [4.69, 9.17) is 0 Å². The van der Waals surface area contributed by atoms with Gasteiger partial charge < -0.3 is 15.2 Å². The summed E-state index contributed by atoms with van der Waals surface area (Å²) in [5.41, 5.74) is 6.44. The highest BCUT2D eigenvalue weighted by Crippen LogP contribution is 2.39. The summed E-state index contributed by atoms with van der Waals surface area (Å²) < 4.78 is 14.9. The van der Waals surface area contributed by atoms with Gasteiger partial charge in [-0.1, -0.05) is 54.1 Å². The minimum Gasteiger partial charge on any atom is -0.356 e. The lowest BCUT2D eigenvalue weighted by Crippen LogP contribution is -2.43. The van der Waals surface area contributed by atoms with Crippen molar-refractivity contribution in [1.82, 2.24) is 9.88 Å². The first-order valence-corrected chi connectivity index (χ1v) is 10.5. The van der Waals surface area contributed by atoms with Gasteiger partial charge >= 0.3 is 6.03 Å². The zero-order valence-electron chi connectivity index (χ0n) is 17.6. The first-order chi connectivity index (χ1) is 15.0. The number of carbonyl (C=O) groups is 1. The van der Waals surface area contributed by atoms with Crippen molar-refractivity contribution in [3.8, 4) is 0 Å². The van der Waals surface area contributed by atoms with Crippen LogP contribution in [0.1, 0.15) is 34.0 Å². The van der Waals surface area contributed by atoms with E-state index in [0.717, 1.165) is 39.0 Å². The third kappa shape index (κ3) is 3.36. The second-order valence-electron chi connectivity index (χ2n) is 8.18. The number of fused-ring (bicyclic) bond motifs is 3. The third-order valence-corrected chi connectivity index (χ3v) is 6.12. The molecule has 0 spiro atoms. The number of hydrogen-bond acceptors (Lipinski definition) is 1. The Morgan fingerprint density at radius 1 is 1.06 bits per heavy atom. The number of rotatable bonds is 2. The number of hydrogen-bond donors (Lipinski definition) is 2. The molecule has 0 saturated carbocycles. The lowest BCUT2D eigenvalue weighted by molar-refractivity contribution is 0.192. The Hall–Kier alpha value is -3.60. The molecule has 2 heterocycles. The molecule has 0 saturated heterocycles. The molecular formula is C26H24FN3O. The van der Waals surface area contributed by atoms with Crippen molar-refractivity contribution in [3.63, 3.8) is 0 Å². The fourth-order valence-corrected chi connectivity index (χ4v) is 4.62. The van der Waals surface area contributed by atoms with Crippen LogP contribution >= 0.6 is 0 Å². The molecule has 1 atom stereocenters. The number of nitrogens with one attached hydrogen (secondary N) is 2. The van der Waals surface area contributed by atoms with E-state index >= 15 is 0 Å². The summed E-state index contributed by atoms with van der Waals surface area (Å²) >= 11 is 0. The average Bonchev–Trinajstić information content (AvgIpc) is 3.14. The Morgan fingerprint density at radius 2 is 1.84 bits per heavy atom. The molecule has 0 bridgehead atoms. The number of halogens is 1. The number of H-pyrrole nitrogens is 1. The second-order valence-corrected chi connectivity index (χ2v) is 8.18. The maximum absolute atomic E-state index is 14.9. The summed E-state index contributed by atoms with van der Waals surface area (Å²) in [6.45, 7) is 4.50. The number of aryl methyl sites for hydroxylation is 2. The first kappa shape index (κ1) is 19.4. The number of aromatic amines is 1. The summed E-state index contributed by atoms with van der Waals surface area (Å²) in [5, 5.41) is 4.17. The highest BCUT2D eigenvalue weighted by Gasteiger charge is 2.36. The van der Waals surface area contributed by atoms with Crippen LogP contribution in [0.5, 0.6) is 0 Å². The number of anilines is 1. The number of urea groups is 1. The minimum absolute atomic E-state index is 0.232. The number of aromatic nitrogens is 1. The number of amides is 2. The fourth-order valence-electron chi connectivity index (χ4n) is 4.62. The maximum Gasteiger partial charge on any atom is 0.322 e. The topological polar surface area (TPSA) is 48.1 Å². The van der Waals surface area contributed by atoms with Gasteiger partial charge in [0.25, 0.3) is 0 Å². The first-order valence-electron chi connectivity index (χ1n) is 10.5. The van der Waals surface area contributed by atoms with E-state index in [9.17, 15) is 9.18 Å². The zero-order chi connectivity index (χ0) is 21.5. The normalized spacial score (nSPS) is 15.7. The molecule has 4 aromatic rings. The van der Waals surface area contributed by atoms with Crippen molar-refractivity contribution < 1.29 is 9.18 Å². The molecule has 4 nitrogen and oxygen atoms in total. The number of nitrogens with zero attached hydrogens (tertiary/aromatic N) is 1. The molecule has 5 heteroatoms. The number of carbonyl (C=O) groups excluding carboxylic acids is 1. The van der Waals surface area contributed by atoms with Crippen LogP contribution in [-0.4, -0.2) is 22.5 Å². The molecule has 0 radical (unpaired) electrons. The molecule has 156 valence electrons. The summed E-state index contributed by atoms with van der Waals surface area (Å²) in [6, 6.07) is 20.0. The Kier molecular flexibility index (Phi) is 4.74. The molecule has 1 unspecified atom stereocenters. The van der Waals surface area contributed by atoms with Crippen LogP contribution in [0.25, 0.3) is 10.9 Å². The lowest BCUT2D eigenvalue weighted by atomic mass is 9.92. The van der Waals surface area contributed by atoms with Crippen LogP contribution in [-0.2, 0) is 6.42 Å². The molecule has 2 N–H and O–H groups in total. The van der Waals surface area contributed by atoms with E-state index < -0.39 is 6.04 Å². The Bertz CT molecular complexity index is 1290. The predicted octanol–water partition coefficient (Wildman–Crippen LogP) is 6.10. The van der Waals surface area contributed by atoms with E-state index in [2.05, 4.69) is 16.4 Å². The largest absolute Gasteiger partial charge is 0.356 e. The van der Waals surface area contributed by atoms with Gasteiger partial charge in [-0.25, -0.2) is 9.18 Å². The van der Waals surface area contributed by atoms with Crippen molar-refractivity contribution >= 4 is 22.6 Å². The van der Waals surface area contributed by atoms with Gasteiger partial charge in [-0.15, -0.1) is 0 Å². The Morgan fingerprint density at radius 3 is 2.65 bits per heavy atom. The van der Waals surface area contributed by atoms with E-state index in [-0.39, 0.29) is 11.8 Å². The monoisotopic (exact) mass is 413 g/mol. The summed E-state index contributed by atoms with van der Waals surface area (Å²) in [4.78, 5) is 18.6. The molecule has 5 rings (SSSR count). The molecular weight excluding hydrogens is 389 g/mol. The van der Waals surface area contributed by atoms with Crippen molar-refractivity contribution in [3.05, 3.63) is 100 Å². The van der Waals surface area contributed by atoms with Crippen LogP contribution in [0.15, 0.2) is 66.7 Å². The van der Waals surface area contributed by atoms with Crippen LogP contribution in [0.3, 0.4) is 0 Å². The molecule has 0 fully saturated rings. The maximum atomic E-state index is 14.9. The van der Waals surface area contributed by atoms with Gasteiger partial charge in [0, 0.05) is 34.4 Å². The lowest BCUT2D eigenvalue weighted by Gasteiger charge is -2.36. The van der Waals surface area contributed by atoms with E-state index in [1.807, 2.05) is 56.3 Å². The van der Waals surface area contributed by atoms with Crippen molar-refractivity contribution in [2.45, 2.75) is 26.3 Å². The summed E-state index contributed by atoms with van der Waals surface area (Å²) in [6.07, 6.45) is 0.713. The highest BCUT2D eigenvalue weighted by molar-refractivity contribution is 5.92. The van der Waals surface area contributed by atoms with Gasteiger partial charge in [0.2, 0.25) is 0 Å². The Labute approximate surface area is 180 Å². The molecule has 31 heavy (non-hydrogen) atoms. The van der Waals surface area contributed by atoms with Crippen molar-refractivity contribution in [2.75, 3.05) is 11.9 Å². The third-order valence-electron chi connectivity index (χ3n) is 6.12. The SMILES string of the molecule is Cc1ccc(NC(=O)N2CCc3c([nH]c4ccccc34)C2c2ccccc2F)c(C)c1. The van der Waals surface area contributed by atoms with Gasteiger partial charge in [-0.3, -0.25) is 0 Å². The van der Waals surface area contributed by atoms with E-state index in [0.29, 0.717) is 18.5 Å². The molecule has 2 amide bonds. The summed E-state index contributed by atoms with van der Waals surface area (Å²) in [7, 11) is 0. The van der Waals surface area contributed by atoms with Gasteiger partial charge in [-0.2, -0.15) is 0 Å². The van der Waals surface area contributed by atoms with Gasteiger partial charge in [0.1, 0.15) is 11.9 Å². The van der Waals surface area contributed by atoms with Crippen molar-refractivity contribution in [1.29, 1.82) is 0 Å². The van der Waals surface area contributed by atoms with E-state index in [1.165, 1.54) is 6.07 Å². The second kappa shape index (κ2) is 7.58. The fraction of sp³-hybridized carbons (Fsp3) is 0.192. The van der Waals surface area contributed by atoms with E-state index in [1.54, 1.807) is 17.0 Å². The van der Waals surface area contributed by atoms with Gasteiger partial charge in [-0.05, 0) is 49.6 Å². The van der Waals surface area contributed by atoms with Crippen LogP contribution < -0.4 is 5.32 Å². The molecule has 1 aliphatic rings. The Balaban J connectivity index is 1.59. The molecule has 0 aliphatic carbocycles. The molecule has 1 aromatic heterocycles. The van der Waals surface area contributed by atoms with Crippen LogP contribution in [0.2, 0.25) is 0 Å². The minimum atomic E-state index is -0.525. The number of benzene rings is 3.